The summed E-state index contributed by atoms with van der Waals surface area (Å²) < 4.78 is 16.6. The molecule has 1 aromatic heterocycles. The van der Waals surface area contributed by atoms with Gasteiger partial charge in [-0.05, 0) is 36.9 Å². The summed E-state index contributed by atoms with van der Waals surface area (Å²) in [5.74, 6) is -0.112. The summed E-state index contributed by atoms with van der Waals surface area (Å²) in [5.41, 5.74) is 2.16. The van der Waals surface area contributed by atoms with Crippen molar-refractivity contribution >= 4 is 17.3 Å². The molecule has 30 heavy (non-hydrogen) atoms. The smallest absolute Gasteiger partial charge is 0.255 e. The summed E-state index contributed by atoms with van der Waals surface area (Å²) in [6.45, 7) is 6.52. The van der Waals surface area contributed by atoms with Crippen LogP contribution in [0.2, 0.25) is 0 Å². The van der Waals surface area contributed by atoms with Crippen molar-refractivity contribution in [2.75, 3.05) is 42.9 Å². The number of nitrogens with one attached hydrogen (secondary N) is 1. The molecule has 0 bridgehead atoms. The lowest BCUT2D eigenvalue weighted by molar-refractivity contribution is 0.102. The summed E-state index contributed by atoms with van der Waals surface area (Å²) in [6.07, 6.45) is 1.60. The predicted molar refractivity (Wildman–Crippen MR) is 115 cm³/mol. The zero-order valence-corrected chi connectivity index (χ0v) is 17.2. The van der Waals surface area contributed by atoms with Crippen LogP contribution in [0.15, 0.2) is 48.8 Å². The van der Waals surface area contributed by atoms with Gasteiger partial charge >= 0.3 is 0 Å². The van der Waals surface area contributed by atoms with Crippen LogP contribution < -0.4 is 10.2 Å². The first kappa shape index (κ1) is 20.0. The van der Waals surface area contributed by atoms with Crippen molar-refractivity contribution in [2.45, 2.75) is 6.92 Å². The molecule has 1 amide bonds. The monoisotopic (exact) mass is 408 g/mol. The van der Waals surface area contributed by atoms with Gasteiger partial charge in [0.25, 0.3) is 5.91 Å². The number of piperazine rings is 1. The Kier molecular flexibility index (Phi) is 5.76. The first-order valence-electron chi connectivity index (χ1n) is 10.1. The average Bonchev–Trinajstić information content (AvgIpc) is 3.20. The largest absolute Gasteiger partial charge is 0.367 e. The van der Waals surface area contributed by atoms with Gasteiger partial charge in [0.15, 0.2) is 5.82 Å². The molecule has 1 aliphatic rings. The fourth-order valence-electron chi connectivity index (χ4n) is 3.72. The molecule has 4 rings (SSSR count). The number of halogens is 1. The van der Waals surface area contributed by atoms with Crippen LogP contribution in [0.3, 0.4) is 0 Å². The molecule has 2 aromatic carbocycles. The molecule has 0 unspecified atom stereocenters. The van der Waals surface area contributed by atoms with Crippen LogP contribution in [0.25, 0.3) is 11.4 Å². The van der Waals surface area contributed by atoms with E-state index in [0.29, 0.717) is 17.2 Å². The second-order valence-corrected chi connectivity index (χ2v) is 7.35. The van der Waals surface area contributed by atoms with Crippen LogP contribution in [0.1, 0.15) is 17.3 Å². The van der Waals surface area contributed by atoms with Crippen molar-refractivity contribution in [3.8, 4) is 11.4 Å². The minimum Gasteiger partial charge on any atom is -0.367 e. The molecular formula is C22H25FN6O. The lowest BCUT2D eigenvalue weighted by Crippen LogP contribution is -2.46. The van der Waals surface area contributed by atoms with Crippen LogP contribution in [0.4, 0.5) is 15.8 Å². The van der Waals surface area contributed by atoms with E-state index in [1.165, 1.54) is 6.07 Å². The second kappa shape index (κ2) is 8.62. The van der Waals surface area contributed by atoms with Crippen molar-refractivity contribution in [1.82, 2.24) is 19.7 Å². The Hall–Kier alpha value is -3.26. The average molecular weight is 408 g/mol. The Morgan fingerprint density at radius 3 is 2.57 bits per heavy atom. The predicted octanol–water partition coefficient (Wildman–Crippen LogP) is 3.02. The zero-order chi connectivity index (χ0) is 21.1. The summed E-state index contributed by atoms with van der Waals surface area (Å²) in [7, 11) is 1.84. The molecule has 7 nitrogen and oxygen atoms in total. The maximum Gasteiger partial charge on any atom is 0.255 e. The standard InChI is InChI=1S/C22H25FN6O/c1-3-28-10-12-29(13-11-28)20-9-8-16(14-18(20)23)22(30)25-19-7-5-4-6-17(19)21-26-24-15-27(21)2/h4-9,14-15H,3,10-13H2,1-2H3,(H,25,30). The molecule has 0 atom stereocenters. The molecule has 2 heterocycles. The highest BCUT2D eigenvalue weighted by Crippen LogP contribution is 2.27. The summed E-state index contributed by atoms with van der Waals surface area (Å²) in [6, 6.07) is 12.0. The van der Waals surface area contributed by atoms with Gasteiger partial charge in [0.05, 0.1) is 11.4 Å². The SMILES string of the molecule is CCN1CCN(c2ccc(C(=O)Nc3ccccc3-c3nncn3C)cc2F)CC1. The Bertz CT molecular complexity index is 1040. The first-order chi connectivity index (χ1) is 14.6. The van der Waals surface area contributed by atoms with Gasteiger partial charge in [-0.2, -0.15) is 0 Å². The Labute approximate surface area is 175 Å². The van der Waals surface area contributed by atoms with E-state index < -0.39 is 0 Å². The number of likely N-dealkylation sites (N-methyl/N-ethyl adjacent to an activating group) is 1. The molecule has 156 valence electrons. The highest BCUT2D eigenvalue weighted by Gasteiger charge is 2.20. The molecule has 0 aliphatic carbocycles. The molecule has 1 fully saturated rings. The van der Waals surface area contributed by atoms with Crippen LogP contribution >= 0.6 is 0 Å². The summed E-state index contributed by atoms with van der Waals surface area (Å²) in [5, 5.41) is 10.9. The highest BCUT2D eigenvalue weighted by atomic mass is 19.1. The third-order valence-electron chi connectivity index (χ3n) is 5.50. The van der Waals surface area contributed by atoms with E-state index in [1.54, 1.807) is 29.1 Å². The van der Waals surface area contributed by atoms with Gasteiger partial charge in [0.2, 0.25) is 0 Å². The quantitative estimate of drug-likeness (QED) is 0.703. The van der Waals surface area contributed by atoms with Crippen LogP contribution in [-0.4, -0.2) is 58.3 Å². The van der Waals surface area contributed by atoms with Crippen molar-refractivity contribution < 1.29 is 9.18 Å². The van der Waals surface area contributed by atoms with Crippen LogP contribution in [0, 0.1) is 5.82 Å². The fourth-order valence-corrected chi connectivity index (χ4v) is 3.72. The third kappa shape index (κ3) is 4.04. The Balaban J connectivity index is 1.52. The number of carbonyl (C=O) groups excluding carboxylic acids is 1. The number of benzene rings is 2. The number of hydrogen-bond donors (Lipinski definition) is 1. The molecular weight excluding hydrogens is 383 g/mol. The molecule has 8 heteroatoms. The topological polar surface area (TPSA) is 66.3 Å². The molecule has 0 spiro atoms. The number of rotatable bonds is 5. The molecule has 1 aliphatic heterocycles. The van der Waals surface area contributed by atoms with Gasteiger partial charge in [-0.3, -0.25) is 4.79 Å². The molecule has 1 N–H and O–H groups in total. The van der Waals surface area contributed by atoms with Crippen molar-refractivity contribution in [1.29, 1.82) is 0 Å². The summed E-state index contributed by atoms with van der Waals surface area (Å²) >= 11 is 0. The van der Waals surface area contributed by atoms with Crippen LogP contribution in [0.5, 0.6) is 0 Å². The Morgan fingerprint density at radius 2 is 1.90 bits per heavy atom. The number of nitrogens with zero attached hydrogens (tertiary/aromatic N) is 5. The zero-order valence-electron chi connectivity index (χ0n) is 17.2. The lowest BCUT2D eigenvalue weighted by atomic mass is 10.1. The number of hydrogen-bond acceptors (Lipinski definition) is 5. The molecule has 1 saturated heterocycles. The normalized spacial score (nSPS) is 14.7. The van der Waals surface area contributed by atoms with Crippen molar-refractivity contribution in [3.63, 3.8) is 0 Å². The van der Waals surface area contributed by atoms with E-state index in [9.17, 15) is 9.18 Å². The number of para-hydroxylation sites is 1. The second-order valence-electron chi connectivity index (χ2n) is 7.35. The van der Waals surface area contributed by atoms with E-state index in [0.717, 1.165) is 38.3 Å². The minimum absolute atomic E-state index is 0.274. The van der Waals surface area contributed by atoms with Gasteiger partial charge < -0.3 is 19.7 Å². The van der Waals surface area contributed by atoms with E-state index in [4.69, 9.17) is 0 Å². The van der Waals surface area contributed by atoms with Crippen molar-refractivity contribution in [3.05, 3.63) is 60.2 Å². The highest BCUT2D eigenvalue weighted by molar-refractivity contribution is 6.06. The number of aryl methyl sites for hydroxylation is 1. The van der Waals surface area contributed by atoms with E-state index in [1.807, 2.05) is 30.1 Å². The van der Waals surface area contributed by atoms with E-state index in [2.05, 4.69) is 27.3 Å². The Morgan fingerprint density at radius 1 is 1.13 bits per heavy atom. The number of amides is 1. The fraction of sp³-hybridized carbons (Fsp3) is 0.318. The number of anilines is 2. The number of carbonyl (C=O) groups is 1. The maximum absolute atomic E-state index is 14.8. The van der Waals surface area contributed by atoms with E-state index >= 15 is 0 Å². The minimum atomic E-state index is -0.380. The van der Waals surface area contributed by atoms with Gasteiger partial charge in [0.1, 0.15) is 12.1 Å². The van der Waals surface area contributed by atoms with Crippen molar-refractivity contribution in [2.24, 2.45) is 7.05 Å². The van der Waals surface area contributed by atoms with Crippen LogP contribution in [-0.2, 0) is 7.05 Å². The molecule has 3 aromatic rings. The van der Waals surface area contributed by atoms with Gasteiger partial charge in [0, 0.05) is 44.4 Å². The number of aromatic nitrogens is 3. The lowest BCUT2D eigenvalue weighted by Gasteiger charge is -2.35. The first-order valence-corrected chi connectivity index (χ1v) is 10.1. The summed E-state index contributed by atoms with van der Waals surface area (Å²) in [4.78, 5) is 17.2. The van der Waals surface area contributed by atoms with Gasteiger partial charge in [-0.25, -0.2) is 4.39 Å². The maximum atomic E-state index is 14.8. The van der Waals surface area contributed by atoms with Gasteiger partial charge in [-0.15, -0.1) is 10.2 Å². The van der Waals surface area contributed by atoms with E-state index in [-0.39, 0.29) is 17.3 Å². The third-order valence-corrected chi connectivity index (χ3v) is 5.50. The van der Waals surface area contributed by atoms with Gasteiger partial charge in [-0.1, -0.05) is 19.1 Å². The molecule has 0 saturated carbocycles. The molecule has 0 radical (unpaired) electrons.